The third-order valence-corrected chi connectivity index (χ3v) is 5.37. The van der Waals surface area contributed by atoms with Gasteiger partial charge in [-0.1, -0.05) is 25.0 Å². The number of ether oxygens (including phenoxy) is 1. The molecule has 4 atom stereocenters. The molecule has 5 heteroatoms. The average Bonchev–Trinajstić information content (AvgIpc) is 2.54. The highest BCUT2D eigenvalue weighted by atomic mass is 19.1. The minimum Gasteiger partial charge on any atom is -0.367 e. The first kappa shape index (κ1) is 17.4. The van der Waals surface area contributed by atoms with Gasteiger partial charge in [0.1, 0.15) is 11.9 Å². The van der Waals surface area contributed by atoms with E-state index in [4.69, 9.17) is 10.5 Å². The number of hydrogen-bond donors (Lipinski definition) is 1. The normalized spacial score (nSPS) is 34.2. The molecule has 0 spiro atoms. The van der Waals surface area contributed by atoms with Gasteiger partial charge in [-0.25, -0.2) is 4.39 Å². The maximum atomic E-state index is 13.1. The number of morpholine rings is 1. The smallest absolute Gasteiger partial charge is 0.227 e. The van der Waals surface area contributed by atoms with E-state index >= 15 is 0 Å². The van der Waals surface area contributed by atoms with E-state index in [9.17, 15) is 9.18 Å². The van der Waals surface area contributed by atoms with Crippen molar-refractivity contribution >= 4 is 5.91 Å². The Morgan fingerprint density at radius 1 is 1.29 bits per heavy atom. The molecule has 1 amide bonds. The van der Waals surface area contributed by atoms with Crippen LogP contribution in [0.3, 0.4) is 0 Å². The third kappa shape index (κ3) is 3.62. The molecule has 1 saturated heterocycles. The van der Waals surface area contributed by atoms with Gasteiger partial charge in [0.25, 0.3) is 0 Å². The Bertz CT molecular complexity index is 588. The number of carbonyl (C=O) groups excluding carboxylic acids is 1. The van der Waals surface area contributed by atoms with Crippen LogP contribution in [0.15, 0.2) is 24.3 Å². The second-order valence-corrected chi connectivity index (χ2v) is 7.53. The molecule has 1 aromatic rings. The van der Waals surface area contributed by atoms with Gasteiger partial charge in [0.15, 0.2) is 0 Å². The van der Waals surface area contributed by atoms with Crippen molar-refractivity contribution in [1.29, 1.82) is 0 Å². The summed E-state index contributed by atoms with van der Waals surface area (Å²) in [5.74, 6) is -0.246. The fourth-order valence-corrected chi connectivity index (χ4v) is 3.98. The van der Waals surface area contributed by atoms with Crippen LogP contribution in [-0.2, 0) is 9.53 Å². The Kier molecular flexibility index (Phi) is 4.92. The molecular weight excluding hydrogens is 307 g/mol. The van der Waals surface area contributed by atoms with Crippen molar-refractivity contribution in [2.24, 2.45) is 11.7 Å². The molecule has 2 N–H and O–H groups in total. The summed E-state index contributed by atoms with van der Waals surface area (Å²) < 4.78 is 19.1. The van der Waals surface area contributed by atoms with Crippen LogP contribution in [0.25, 0.3) is 0 Å². The van der Waals surface area contributed by atoms with E-state index in [1.807, 2.05) is 18.7 Å². The Labute approximate surface area is 143 Å². The van der Waals surface area contributed by atoms with Crippen LogP contribution in [0.1, 0.15) is 51.2 Å². The lowest BCUT2D eigenvalue weighted by molar-refractivity contribution is -0.152. The van der Waals surface area contributed by atoms with E-state index in [2.05, 4.69) is 0 Å². The second kappa shape index (κ2) is 6.81. The van der Waals surface area contributed by atoms with Crippen molar-refractivity contribution < 1.29 is 13.9 Å². The molecule has 2 aliphatic rings. The highest BCUT2D eigenvalue weighted by molar-refractivity contribution is 5.80. The van der Waals surface area contributed by atoms with E-state index < -0.39 is 5.54 Å². The van der Waals surface area contributed by atoms with Crippen LogP contribution in [0.5, 0.6) is 0 Å². The summed E-state index contributed by atoms with van der Waals surface area (Å²) in [4.78, 5) is 15.0. The Hall–Kier alpha value is -1.46. The molecule has 1 aliphatic heterocycles. The van der Waals surface area contributed by atoms with E-state index in [0.29, 0.717) is 13.1 Å². The van der Waals surface area contributed by atoms with Crippen molar-refractivity contribution in [3.8, 4) is 0 Å². The summed E-state index contributed by atoms with van der Waals surface area (Å²) in [6.07, 6.45) is 3.64. The van der Waals surface area contributed by atoms with Crippen molar-refractivity contribution in [2.45, 2.75) is 57.3 Å². The van der Waals surface area contributed by atoms with E-state index in [1.165, 1.54) is 12.1 Å². The number of amides is 1. The van der Waals surface area contributed by atoms with Crippen molar-refractivity contribution in [1.82, 2.24) is 4.90 Å². The molecule has 1 heterocycles. The molecule has 24 heavy (non-hydrogen) atoms. The number of rotatable bonds is 2. The highest BCUT2D eigenvalue weighted by Gasteiger charge is 2.41. The maximum Gasteiger partial charge on any atom is 0.227 e. The van der Waals surface area contributed by atoms with Crippen molar-refractivity contribution in [3.63, 3.8) is 0 Å². The molecule has 2 fully saturated rings. The van der Waals surface area contributed by atoms with Crippen LogP contribution in [-0.4, -0.2) is 35.5 Å². The van der Waals surface area contributed by atoms with Gasteiger partial charge >= 0.3 is 0 Å². The van der Waals surface area contributed by atoms with Gasteiger partial charge in [-0.2, -0.15) is 0 Å². The average molecular weight is 334 g/mol. The van der Waals surface area contributed by atoms with Gasteiger partial charge in [-0.15, -0.1) is 0 Å². The third-order valence-electron chi connectivity index (χ3n) is 5.37. The lowest BCUT2D eigenvalue weighted by atomic mass is 9.74. The Balaban J connectivity index is 1.75. The SMILES string of the molecule is CC1CN(C(=O)C2CCCCC2(C)N)CC(c2ccc(F)cc2)O1. The molecule has 1 aliphatic carbocycles. The van der Waals surface area contributed by atoms with Crippen LogP contribution < -0.4 is 5.73 Å². The summed E-state index contributed by atoms with van der Waals surface area (Å²) in [6, 6.07) is 6.33. The molecule has 1 saturated carbocycles. The standard InChI is InChI=1S/C19H27FN2O2/c1-13-11-22(18(23)16-5-3-4-10-19(16,2)21)12-17(24-13)14-6-8-15(20)9-7-14/h6-9,13,16-17H,3-5,10-12,21H2,1-2H3. The quantitative estimate of drug-likeness (QED) is 0.904. The Morgan fingerprint density at radius 3 is 2.67 bits per heavy atom. The van der Waals surface area contributed by atoms with E-state index in [0.717, 1.165) is 31.2 Å². The zero-order valence-electron chi connectivity index (χ0n) is 14.5. The minimum atomic E-state index is -0.428. The van der Waals surface area contributed by atoms with Gasteiger partial charge in [0, 0.05) is 12.1 Å². The summed E-state index contributed by atoms with van der Waals surface area (Å²) >= 11 is 0. The first-order valence-corrected chi connectivity index (χ1v) is 8.85. The predicted octanol–water partition coefficient (Wildman–Crippen LogP) is 3.02. The topological polar surface area (TPSA) is 55.6 Å². The van der Waals surface area contributed by atoms with Crippen LogP contribution >= 0.6 is 0 Å². The largest absolute Gasteiger partial charge is 0.367 e. The summed E-state index contributed by atoms with van der Waals surface area (Å²) in [7, 11) is 0. The van der Waals surface area contributed by atoms with Crippen LogP contribution in [0.2, 0.25) is 0 Å². The zero-order valence-corrected chi connectivity index (χ0v) is 14.5. The first-order chi connectivity index (χ1) is 11.4. The molecule has 1 aromatic carbocycles. The molecule has 0 bridgehead atoms. The van der Waals surface area contributed by atoms with Crippen LogP contribution in [0.4, 0.5) is 4.39 Å². The molecule has 132 valence electrons. The summed E-state index contributed by atoms with van der Waals surface area (Å²) in [5, 5.41) is 0. The van der Waals surface area contributed by atoms with Crippen molar-refractivity contribution in [2.75, 3.05) is 13.1 Å². The predicted molar refractivity (Wildman–Crippen MR) is 90.8 cm³/mol. The lowest BCUT2D eigenvalue weighted by Gasteiger charge is -2.43. The molecule has 3 rings (SSSR count). The maximum absolute atomic E-state index is 13.1. The summed E-state index contributed by atoms with van der Waals surface area (Å²) in [6.45, 7) is 5.05. The van der Waals surface area contributed by atoms with E-state index in [-0.39, 0.29) is 29.9 Å². The molecule has 4 unspecified atom stereocenters. The number of nitrogens with two attached hydrogens (primary N) is 1. The van der Waals surface area contributed by atoms with Crippen LogP contribution in [0, 0.1) is 11.7 Å². The number of nitrogens with zero attached hydrogens (tertiary/aromatic N) is 1. The van der Waals surface area contributed by atoms with Gasteiger partial charge in [0.05, 0.1) is 18.6 Å². The Morgan fingerprint density at radius 2 is 2.00 bits per heavy atom. The van der Waals surface area contributed by atoms with Gasteiger partial charge in [0.2, 0.25) is 5.91 Å². The number of benzene rings is 1. The number of halogens is 1. The number of hydrogen-bond acceptors (Lipinski definition) is 3. The molecule has 4 nitrogen and oxygen atoms in total. The van der Waals surface area contributed by atoms with Gasteiger partial charge < -0.3 is 15.4 Å². The minimum absolute atomic E-state index is 0.0506. The van der Waals surface area contributed by atoms with Crippen molar-refractivity contribution in [3.05, 3.63) is 35.6 Å². The fourth-order valence-electron chi connectivity index (χ4n) is 3.98. The monoisotopic (exact) mass is 334 g/mol. The summed E-state index contributed by atoms with van der Waals surface area (Å²) in [5.41, 5.74) is 6.88. The first-order valence-electron chi connectivity index (χ1n) is 8.85. The van der Waals surface area contributed by atoms with Gasteiger partial charge in [-0.3, -0.25) is 4.79 Å². The number of carbonyl (C=O) groups is 1. The van der Waals surface area contributed by atoms with Gasteiger partial charge in [-0.05, 0) is 44.4 Å². The molecule has 0 radical (unpaired) electrons. The highest BCUT2D eigenvalue weighted by Crippen LogP contribution is 2.34. The molecular formula is C19H27FN2O2. The lowest BCUT2D eigenvalue weighted by Crippen LogP contribution is -2.56. The zero-order chi connectivity index (χ0) is 17.3. The fraction of sp³-hybridized carbons (Fsp3) is 0.632. The molecule has 0 aromatic heterocycles. The second-order valence-electron chi connectivity index (χ2n) is 7.53. The van der Waals surface area contributed by atoms with E-state index in [1.54, 1.807) is 12.1 Å².